The molecule has 3 N–H and O–H groups in total. The lowest BCUT2D eigenvalue weighted by Gasteiger charge is -2.31. The minimum absolute atomic E-state index is 0.160. The number of aliphatic carboxylic acids is 2. The summed E-state index contributed by atoms with van der Waals surface area (Å²) in [7, 11) is 0. The number of amides is 1. The van der Waals surface area contributed by atoms with Crippen molar-refractivity contribution in [3.05, 3.63) is 66.0 Å². The zero-order valence-electron chi connectivity index (χ0n) is 22.8. The molecular weight excluding hydrogens is 659 g/mol. The molecule has 46 heavy (non-hydrogen) atoms. The maximum Gasteiger partial charge on any atom is 0.490 e. The number of aromatic nitrogens is 3. The molecule has 0 aromatic carbocycles. The van der Waals surface area contributed by atoms with Gasteiger partial charge in [-0.3, -0.25) is 14.7 Å². The molecule has 1 saturated heterocycles. The van der Waals surface area contributed by atoms with Crippen molar-refractivity contribution < 1.29 is 72.9 Å². The molecule has 0 spiro atoms. The molecule has 3 aromatic heterocycles. The largest absolute Gasteiger partial charge is 0.490 e. The second-order valence-electron chi connectivity index (χ2n) is 9.30. The fourth-order valence-electron chi connectivity index (χ4n) is 3.72. The number of likely N-dealkylation sites (tertiary alicyclic amines) is 1. The van der Waals surface area contributed by atoms with Gasteiger partial charge in [-0.15, -0.1) is 0 Å². The Morgan fingerprint density at radius 2 is 1.43 bits per heavy atom. The average Bonchev–Trinajstić information content (AvgIpc) is 3.30. The number of imidazole rings is 1. The van der Waals surface area contributed by atoms with Gasteiger partial charge in [0.15, 0.2) is 11.7 Å². The van der Waals surface area contributed by atoms with Crippen LogP contribution in [0.1, 0.15) is 40.8 Å². The van der Waals surface area contributed by atoms with E-state index in [4.69, 9.17) is 19.8 Å². The third-order valence-electron chi connectivity index (χ3n) is 5.89. The molecule has 4 rings (SSSR count). The number of rotatable bonds is 5. The fraction of sp³-hybridized carbons (Fsp3) is 0.400. The van der Waals surface area contributed by atoms with Crippen LogP contribution in [-0.4, -0.2) is 84.9 Å². The lowest BCUT2D eigenvalue weighted by molar-refractivity contribution is -0.193. The van der Waals surface area contributed by atoms with Crippen molar-refractivity contribution in [2.75, 3.05) is 13.1 Å². The van der Waals surface area contributed by atoms with Crippen molar-refractivity contribution in [1.82, 2.24) is 24.6 Å². The Hall–Kier alpha value is -4.56. The summed E-state index contributed by atoms with van der Waals surface area (Å²) in [5.41, 5.74) is -0.0399. The van der Waals surface area contributed by atoms with E-state index in [1.54, 1.807) is 33.7 Å². The molecular formula is C25H22F11N5O5. The van der Waals surface area contributed by atoms with Crippen molar-refractivity contribution in [3.8, 4) is 0 Å². The van der Waals surface area contributed by atoms with E-state index in [1.165, 1.54) is 18.3 Å². The molecule has 0 aliphatic carbocycles. The first kappa shape index (κ1) is 37.6. The number of nitrogens with one attached hydrogen (secondary N) is 1. The first-order valence-corrected chi connectivity index (χ1v) is 12.5. The smallest absolute Gasteiger partial charge is 0.475 e. The van der Waals surface area contributed by atoms with Crippen molar-refractivity contribution in [3.63, 3.8) is 0 Å². The summed E-state index contributed by atoms with van der Waals surface area (Å²) in [4.78, 5) is 40.4. The third-order valence-corrected chi connectivity index (χ3v) is 5.89. The van der Waals surface area contributed by atoms with Gasteiger partial charge in [0.25, 0.3) is 11.8 Å². The Morgan fingerprint density at radius 3 is 1.89 bits per heavy atom. The number of hydrogen-bond donors (Lipinski definition) is 3. The van der Waals surface area contributed by atoms with Gasteiger partial charge >= 0.3 is 30.5 Å². The zero-order chi connectivity index (χ0) is 35.1. The summed E-state index contributed by atoms with van der Waals surface area (Å²) in [5, 5.41) is 16.3. The molecule has 21 heteroatoms. The van der Waals surface area contributed by atoms with Crippen molar-refractivity contribution in [1.29, 1.82) is 0 Å². The Kier molecular flexibility index (Phi) is 12.0. The van der Waals surface area contributed by atoms with E-state index >= 15 is 0 Å². The molecule has 254 valence electrons. The molecule has 0 radical (unpaired) electrons. The number of hydrogen-bond acceptors (Lipinski definition) is 6. The minimum atomic E-state index is -5.08. The van der Waals surface area contributed by atoms with Gasteiger partial charge in [-0.05, 0) is 18.2 Å². The minimum Gasteiger partial charge on any atom is -0.475 e. The molecule has 1 aliphatic rings. The van der Waals surface area contributed by atoms with Crippen LogP contribution in [0.3, 0.4) is 0 Å². The second kappa shape index (κ2) is 14.7. The molecule has 1 amide bonds. The first-order valence-electron chi connectivity index (χ1n) is 12.5. The summed E-state index contributed by atoms with van der Waals surface area (Å²) in [6.07, 6.45) is -11.4. The van der Waals surface area contributed by atoms with Gasteiger partial charge < -0.3 is 19.9 Å². The molecule has 1 aliphatic heterocycles. The number of carbonyl (C=O) groups excluding carboxylic acids is 1. The highest BCUT2D eigenvalue weighted by Crippen LogP contribution is 2.33. The number of nitrogens with zero attached hydrogens (tertiary/aromatic N) is 4. The van der Waals surface area contributed by atoms with Crippen molar-refractivity contribution >= 4 is 23.4 Å². The summed E-state index contributed by atoms with van der Waals surface area (Å²) < 4.78 is 133. The summed E-state index contributed by atoms with van der Waals surface area (Å²) in [6, 6.07) is 5.24. The second-order valence-corrected chi connectivity index (χ2v) is 9.30. The van der Waals surface area contributed by atoms with Gasteiger partial charge in [-0.1, -0.05) is 12.1 Å². The van der Waals surface area contributed by atoms with Crippen molar-refractivity contribution in [2.24, 2.45) is 0 Å². The Morgan fingerprint density at radius 1 is 0.891 bits per heavy atom. The Bertz CT molecular complexity index is 1460. The quantitative estimate of drug-likeness (QED) is 0.311. The summed E-state index contributed by atoms with van der Waals surface area (Å²) >= 11 is 0. The highest BCUT2D eigenvalue weighted by molar-refractivity contribution is 5.99. The Labute approximate surface area is 250 Å². The van der Waals surface area contributed by atoms with Gasteiger partial charge in [0.1, 0.15) is 5.82 Å². The van der Waals surface area contributed by atoms with E-state index in [2.05, 4.69) is 9.97 Å². The van der Waals surface area contributed by atoms with E-state index in [-0.39, 0.29) is 43.7 Å². The maximum atomic E-state index is 13.6. The topological polar surface area (TPSA) is 137 Å². The van der Waals surface area contributed by atoms with Crippen LogP contribution in [0.4, 0.5) is 48.3 Å². The molecule has 10 nitrogen and oxygen atoms in total. The Balaban J connectivity index is 0.000000440. The SMILES string of the molecule is O=C(NC(c1cccnc1)C(F)(F)F)c1nc(CN2CCC(F)(F)CC2)n2ccccc12.O=C(O)C(F)(F)F.O=C(O)C(F)(F)F. The molecule has 3 aromatic rings. The van der Waals surface area contributed by atoms with Gasteiger partial charge in [0, 0.05) is 50.1 Å². The molecule has 1 atom stereocenters. The van der Waals surface area contributed by atoms with Crippen LogP contribution < -0.4 is 5.32 Å². The molecule has 1 unspecified atom stereocenters. The van der Waals surface area contributed by atoms with Gasteiger partial charge in [-0.2, -0.15) is 39.5 Å². The van der Waals surface area contributed by atoms with E-state index < -0.39 is 48.3 Å². The molecule has 0 bridgehead atoms. The van der Waals surface area contributed by atoms with Crippen LogP contribution in [-0.2, 0) is 16.1 Å². The predicted octanol–water partition coefficient (Wildman–Crippen LogP) is 5.26. The summed E-state index contributed by atoms with van der Waals surface area (Å²) in [6.45, 7) is 0.515. The van der Waals surface area contributed by atoms with Crippen molar-refractivity contribution in [2.45, 2.75) is 49.9 Å². The molecule has 4 heterocycles. The molecule has 0 saturated carbocycles. The lowest BCUT2D eigenvalue weighted by Crippen LogP contribution is -2.39. The predicted molar refractivity (Wildman–Crippen MR) is 133 cm³/mol. The van der Waals surface area contributed by atoms with Crippen LogP contribution in [0.25, 0.3) is 5.52 Å². The number of pyridine rings is 2. The number of piperidine rings is 1. The third kappa shape index (κ3) is 11.1. The normalized spacial score (nSPS) is 15.9. The van der Waals surface area contributed by atoms with Crippen LogP contribution >= 0.6 is 0 Å². The van der Waals surface area contributed by atoms with Crippen LogP contribution in [0.2, 0.25) is 0 Å². The first-order chi connectivity index (χ1) is 21.0. The van der Waals surface area contributed by atoms with E-state index in [9.17, 15) is 53.1 Å². The van der Waals surface area contributed by atoms with E-state index in [0.717, 1.165) is 6.20 Å². The number of carboxylic acids is 2. The summed E-state index contributed by atoms with van der Waals surface area (Å²) in [5.74, 6) is -8.81. The van der Waals surface area contributed by atoms with Crippen LogP contribution in [0, 0.1) is 0 Å². The van der Waals surface area contributed by atoms with Gasteiger partial charge in [-0.25, -0.2) is 23.4 Å². The number of alkyl halides is 11. The maximum absolute atomic E-state index is 13.6. The number of halogens is 11. The fourth-order valence-corrected chi connectivity index (χ4v) is 3.72. The average molecular weight is 681 g/mol. The zero-order valence-corrected chi connectivity index (χ0v) is 22.8. The number of fused-ring (bicyclic) bond motifs is 1. The van der Waals surface area contributed by atoms with Gasteiger partial charge in [0.05, 0.1) is 12.1 Å². The van der Waals surface area contributed by atoms with Gasteiger partial charge in [0.2, 0.25) is 0 Å². The molecule has 1 fully saturated rings. The van der Waals surface area contributed by atoms with Crippen LogP contribution in [0.5, 0.6) is 0 Å². The standard InChI is InChI=1S/C21H20F5N5O.2C2HF3O2/c22-20(23)6-10-30(11-7-20)13-16-28-17(15-5-1-2-9-31(15)16)19(32)29-18(21(24,25)26)14-4-3-8-27-12-14;2*3-2(4,5)1(6)7/h1-5,8-9,12,18H,6-7,10-11,13H2,(H,29,32);2*(H,6,7). The number of carboxylic acid groups (broad SMARTS) is 2. The number of carbonyl (C=O) groups is 3. The highest BCUT2D eigenvalue weighted by atomic mass is 19.4. The monoisotopic (exact) mass is 681 g/mol. The van der Waals surface area contributed by atoms with E-state index in [0.29, 0.717) is 11.3 Å². The lowest BCUT2D eigenvalue weighted by atomic mass is 10.1. The van der Waals surface area contributed by atoms with E-state index in [1.807, 2.05) is 5.32 Å². The highest BCUT2D eigenvalue weighted by Gasteiger charge is 2.43. The van der Waals surface area contributed by atoms with Crippen LogP contribution in [0.15, 0.2) is 48.9 Å².